The molecule has 1 fully saturated rings. The Kier molecular flexibility index (Phi) is 3.25. The van der Waals surface area contributed by atoms with Crippen molar-refractivity contribution in [1.29, 1.82) is 0 Å². The molecule has 0 aromatic heterocycles. The Morgan fingerprint density at radius 2 is 1.48 bits per heavy atom. The van der Waals surface area contributed by atoms with Gasteiger partial charge in [0, 0.05) is 0 Å². The highest BCUT2D eigenvalue weighted by atomic mass is 16.3. The Hall–Kier alpha value is -3.34. The molecule has 124 valence electrons. The number of allylic oxidation sites excluding steroid dienone is 2. The monoisotopic (exact) mass is 333 g/mol. The zero-order valence-electron chi connectivity index (χ0n) is 13.1. The molecule has 2 aliphatic rings. The largest absolute Gasteiger partial charge is 0.508 e. The van der Waals surface area contributed by atoms with Crippen molar-refractivity contribution in [2.75, 3.05) is 0 Å². The minimum absolute atomic E-state index is 0.0931. The normalized spacial score (nSPS) is 24.6. The summed E-state index contributed by atoms with van der Waals surface area (Å²) in [5, 5.41) is 21.5. The van der Waals surface area contributed by atoms with Crippen LogP contribution in [0.4, 0.5) is 0 Å². The number of benzene rings is 2. The molecule has 2 aromatic rings. The predicted molar refractivity (Wildman–Crippen MR) is 91.6 cm³/mol. The fourth-order valence-corrected chi connectivity index (χ4v) is 3.63. The number of phenolic OH excluding ortho intramolecular Hbond substituents is 2. The van der Waals surface area contributed by atoms with E-state index in [0.717, 1.165) is 5.56 Å². The number of carbonyl (C=O) groups is 2. The molecule has 25 heavy (non-hydrogen) atoms. The van der Waals surface area contributed by atoms with Crippen LogP contribution in [0, 0.1) is 5.92 Å². The first-order valence-corrected chi connectivity index (χ1v) is 7.86. The number of hydrogen-bond donors (Lipinski definition) is 3. The Labute approximate surface area is 143 Å². The van der Waals surface area contributed by atoms with Gasteiger partial charge in [0.2, 0.25) is 11.8 Å². The Balaban J connectivity index is 1.89. The van der Waals surface area contributed by atoms with Gasteiger partial charge in [0.05, 0.1) is 5.92 Å². The maximum atomic E-state index is 12.7. The lowest BCUT2D eigenvalue weighted by Crippen LogP contribution is -2.39. The summed E-state index contributed by atoms with van der Waals surface area (Å²) in [4.78, 5) is 25.4. The molecule has 5 nitrogen and oxygen atoms in total. The van der Waals surface area contributed by atoms with E-state index in [4.69, 9.17) is 0 Å². The lowest BCUT2D eigenvalue weighted by Gasteiger charge is -2.33. The van der Waals surface area contributed by atoms with E-state index in [2.05, 4.69) is 5.32 Å². The summed E-state index contributed by atoms with van der Waals surface area (Å²) in [5.41, 5.74) is 0.964. The van der Waals surface area contributed by atoms with E-state index in [1.54, 1.807) is 48.6 Å². The van der Waals surface area contributed by atoms with Crippen LogP contribution in [-0.4, -0.2) is 22.0 Å². The summed E-state index contributed by atoms with van der Waals surface area (Å²) in [6, 6.07) is 12.9. The van der Waals surface area contributed by atoms with Gasteiger partial charge in [-0.05, 0) is 41.0 Å². The first-order valence-electron chi connectivity index (χ1n) is 7.86. The topological polar surface area (TPSA) is 86.6 Å². The first kappa shape index (κ1) is 15.2. The average Bonchev–Trinajstić information content (AvgIpc) is 2.88. The molecule has 0 bridgehead atoms. The van der Waals surface area contributed by atoms with E-state index in [0.29, 0.717) is 11.1 Å². The highest BCUT2D eigenvalue weighted by Gasteiger charge is 2.57. The van der Waals surface area contributed by atoms with Crippen LogP contribution in [0.3, 0.4) is 0 Å². The van der Waals surface area contributed by atoms with E-state index in [9.17, 15) is 19.8 Å². The van der Waals surface area contributed by atoms with Crippen LogP contribution in [0.25, 0.3) is 5.57 Å². The summed E-state index contributed by atoms with van der Waals surface area (Å²) in [6.45, 7) is 0. The van der Waals surface area contributed by atoms with Gasteiger partial charge in [0.25, 0.3) is 0 Å². The summed E-state index contributed by atoms with van der Waals surface area (Å²) in [6.07, 6.45) is 5.31. The van der Waals surface area contributed by atoms with Crippen molar-refractivity contribution in [3.8, 4) is 11.5 Å². The van der Waals surface area contributed by atoms with Crippen molar-refractivity contribution in [3.63, 3.8) is 0 Å². The molecule has 2 atom stereocenters. The van der Waals surface area contributed by atoms with Gasteiger partial charge >= 0.3 is 0 Å². The van der Waals surface area contributed by atoms with E-state index in [1.807, 2.05) is 6.08 Å². The number of aromatic hydroxyl groups is 2. The highest BCUT2D eigenvalue weighted by Crippen LogP contribution is 2.48. The number of phenols is 2. The van der Waals surface area contributed by atoms with Crippen molar-refractivity contribution >= 4 is 17.4 Å². The quantitative estimate of drug-likeness (QED) is 0.736. The number of nitrogens with one attached hydrogen (secondary N) is 1. The Bertz CT molecular complexity index is 925. The molecule has 5 heteroatoms. The zero-order chi connectivity index (χ0) is 17.6. The van der Waals surface area contributed by atoms with Gasteiger partial charge in [-0.25, -0.2) is 0 Å². The highest BCUT2D eigenvalue weighted by molar-refractivity contribution is 6.17. The van der Waals surface area contributed by atoms with Gasteiger partial charge in [-0.3, -0.25) is 14.9 Å². The summed E-state index contributed by atoms with van der Waals surface area (Å²) in [7, 11) is 0. The first-order chi connectivity index (χ1) is 12.0. The van der Waals surface area contributed by atoms with Crippen LogP contribution in [0.15, 0.2) is 66.8 Å². The van der Waals surface area contributed by atoms with Crippen LogP contribution in [0.1, 0.15) is 11.1 Å². The van der Waals surface area contributed by atoms with Crippen molar-refractivity contribution in [2.45, 2.75) is 5.41 Å². The molecule has 1 heterocycles. The summed E-state index contributed by atoms with van der Waals surface area (Å²) in [5.74, 6) is -1.22. The standard InChI is InChI=1S/C20H15NO4/c22-14-7-3-12(4-8-14)16-2-1-11-20(13-5-9-15(23)10-6-13)17(16)18(24)21-19(20)25/h1-11,17,22-23H,(H,21,24,25). The lowest BCUT2D eigenvalue weighted by molar-refractivity contribution is -0.126. The van der Waals surface area contributed by atoms with Gasteiger partial charge in [-0.1, -0.05) is 42.5 Å². The van der Waals surface area contributed by atoms with Crippen molar-refractivity contribution in [1.82, 2.24) is 5.32 Å². The fraction of sp³-hybridized carbons (Fsp3) is 0.100. The number of carbonyl (C=O) groups excluding carboxylic acids is 2. The lowest BCUT2D eigenvalue weighted by atomic mass is 9.65. The van der Waals surface area contributed by atoms with Crippen LogP contribution in [0.2, 0.25) is 0 Å². The molecule has 4 rings (SSSR count). The second-order valence-electron chi connectivity index (χ2n) is 6.20. The summed E-state index contributed by atoms with van der Waals surface area (Å²) >= 11 is 0. The third-order valence-corrected chi connectivity index (χ3v) is 4.82. The second kappa shape index (κ2) is 5.34. The van der Waals surface area contributed by atoms with Gasteiger partial charge < -0.3 is 10.2 Å². The maximum Gasteiger partial charge on any atom is 0.242 e. The van der Waals surface area contributed by atoms with Crippen LogP contribution in [-0.2, 0) is 15.0 Å². The third-order valence-electron chi connectivity index (χ3n) is 4.82. The molecular weight excluding hydrogens is 318 g/mol. The molecule has 0 spiro atoms. The zero-order valence-corrected chi connectivity index (χ0v) is 13.1. The van der Waals surface area contributed by atoms with E-state index in [-0.39, 0.29) is 23.3 Å². The molecule has 1 aliphatic heterocycles. The summed E-state index contributed by atoms with van der Waals surface area (Å²) < 4.78 is 0. The Morgan fingerprint density at radius 1 is 0.880 bits per heavy atom. The molecule has 2 unspecified atom stereocenters. The van der Waals surface area contributed by atoms with Gasteiger partial charge in [-0.15, -0.1) is 0 Å². The van der Waals surface area contributed by atoms with Crippen LogP contribution < -0.4 is 5.32 Å². The van der Waals surface area contributed by atoms with Crippen LogP contribution in [0.5, 0.6) is 11.5 Å². The second-order valence-corrected chi connectivity index (χ2v) is 6.20. The smallest absolute Gasteiger partial charge is 0.242 e. The fourth-order valence-electron chi connectivity index (χ4n) is 3.63. The minimum Gasteiger partial charge on any atom is -0.508 e. The van der Waals surface area contributed by atoms with E-state index in [1.165, 1.54) is 12.1 Å². The van der Waals surface area contributed by atoms with Gasteiger partial charge in [0.15, 0.2) is 0 Å². The van der Waals surface area contributed by atoms with Crippen molar-refractivity contribution < 1.29 is 19.8 Å². The molecule has 1 saturated heterocycles. The molecule has 2 amide bonds. The van der Waals surface area contributed by atoms with Gasteiger partial charge in [0.1, 0.15) is 16.9 Å². The third kappa shape index (κ3) is 2.16. The van der Waals surface area contributed by atoms with Crippen molar-refractivity contribution in [2.24, 2.45) is 5.92 Å². The number of fused-ring (bicyclic) bond motifs is 1. The van der Waals surface area contributed by atoms with Crippen LogP contribution >= 0.6 is 0 Å². The Morgan fingerprint density at radius 3 is 2.12 bits per heavy atom. The average molecular weight is 333 g/mol. The molecular formula is C20H15NO4. The number of amides is 2. The number of rotatable bonds is 2. The van der Waals surface area contributed by atoms with Crippen molar-refractivity contribution in [3.05, 3.63) is 77.9 Å². The number of hydrogen-bond acceptors (Lipinski definition) is 4. The minimum atomic E-state index is -1.15. The number of imide groups is 1. The maximum absolute atomic E-state index is 12.7. The SMILES string of the molecule is O=C1NC(=O)C2(c3ccc(O)cc3)C=CC=C(c3ccc(O)cc3)C12. The molecule has 1 aliphatic carbocycles. The molecule has 2 aromatic carbocycles. The molecule has 0 saturated carbocycles. The van der Waals surface area contributed by atoms with E-state index < -0.39 is 11.3 Å². The molecule has 0 radical (unpaired) electrons. The molecule has 3 N–H and O–H groups in total. The van der Waals surface area contributed by atoms with Gasteiger partial charge in [-0.2, -0.15) is 0 Å². The van der Waals surface area contributed by atoms with E-state index >= 15 is 0 Å². The predicted octanol–water partition coefficient (Wildman–Crippen LogP) is 2.26.